The zero-order valence-electron chi connectivity index (χ0n) is 29.7. The number of carbonyl (C=O) groups is 2. The zero-order valence-corrected chi connectivity index (χ0v) is 30.5. The summed E-state index contributed by atoms with van der Waals surface area (Å²) < 4.78 is 43.8. The summed E-state index contributed by atoms with van der Waals surface area (Å²) in [6, 6.07) is 17.9. The van der Waals surface area contributed by atoms with Crippen LogP contribution in [0.3, 0.4) is 0 Å². The van der Waals surface area contributed by atoms with Crippen molar-refractivity contribution in [2.45, 2.75) is 66.0 Å². The highest BCUT2D eigenvalue weighted by Crippen LogP contribution is 2.39. The van der Waals surface area contributed by atoms with Crippen LogP contribution in [0.25, 0.3) is 20.7 Å². The Bertz CT molecular complexity index is 1920. The maximum Gasteiger partial charge on any atom is 0.410 e. The first kappa shape index (κ1) is 37.6. The van der Waals surface area contributed by atoms with Gasteiger partial charge in [-0.25, -0.2) is 9.18 Å². The summed E-state index contributed by atoms with van der Waals surface area (Å²) in [4.78, 5) is 32.6. The van der Waals surface area contributed by atoms with Crippen LogP contribution >= 0.6 is 11.3 Å². The zero-order chi connectivity index (χ0) is 36.4. The van der Waals surface area contributed by atoms with E-state index in [9.17, 15) is 9.59 Å². The predicted molar refractivity (Wildman–Crippen MR) is 194 cm³/mol. The topological polar surface area (TPSA) is 113 Å². The van der Waals surface area contributed by atoms with Crippen molar-refractivity contribution in [2.75, 3.05) is 33.0 Å². The minimum absolute atomic E-state index is 0.0508. The number of pyridine rings is 1. The van der Waals surface area contributed by atoms with Gasteiger partial charge in [0.25, 0.3) is 0 Å². The van der Waals surface area contributed by atoms with E-state index in [1.54, 1.807) is 36.2 Å². The largest absolute Gasteiger partial charge is 0.453 e. The highest BCUT2D eigenvalue weighted by molar-refractivity contribution is 7.22. The Hall–Kier alpha value is -4.65. The van der Waals surface area contributed by atoms with Crippen molar-refractivity contribution in [1.82, 2.24) is 15.0 Å². The lowest BCUT2D eigenvalue weighted by Gasteiger charge is -2.27. The first-order chi connectivity index (χ1) is 24.5. The molecule has 0 saturated heterocycles. The lowest BCUT2D eigenvalue weighted by atomic mass is 10.1. The minimum atomic E-state index is -0.625. The molecule has 0 aliphatic heterocycles. The number of fused-ring (bicyclic) bond motifs is 1. The van der Waals surface area contributed by atoms with E-state index in [4.69, 9.17) is 23.5 Å². The molecule has 5 aromatic rings. The average Bonchev–Trinajstić information content (AvgIpc) is 3.70. The van der Waals surface area contributed by atoms with E-state index >= 15 is 4.39 Å². The molecule has 10 nitrogen and oxygen atoms in total. The van der Waals surface area contributed by atoms with E-state index in [0.717, 1.165) is 32.6 Å². The van der Waals surface area contributed by atoms with Crippen molar-refractivity contribution in [3.05, 3.63) is 95.3 Å². The summed E-state index contributed by atoms with van der Waals surface area (Å²) in [7, 11) is 0. The third kappa shape index (κ3) is 11.2. The molecule has 0 atom stereocenters. The molecule has 0 bridgehead atoms. The first-order valence-electron chi connectivity index (χ1n) is 17.0. The molecule has 3 heterocycles. The van der Waals surface area contributed by atoms with E-state index in [0.29, 0.717) is 62.3 Å². The second-order valence-electron chi connectivity index (χ2n) is 13.1. The molecule has 0 fully saturated rings. The third-order valence-electron chi connectivity index (χ3n) is 7.54. The average molecular weight is 718 g/mol. The fourth-order valence-electron chi connectivity index (χ4n) is 5.18. The Kier molecular flexibility index (Phi) is 12.9. The maximum absolute atomic E-state index is 15.2. The Morgan fingerprint density at radius 1 is 0.902 bits per heavy atom. The van der Waals surface area contributed by atoms with Crippen LogP contribution < -0.4 is 4.74 Å². The number of ketones is 1. The number of aryl methyl sites for hydroxylation is 1. The second-order valence-corrected chi connectivity index (χ2v) is 14.2. The number of rotatable bonds is 17. The molecular formula is C39H44FN3O7S. The van der Waals surface area contributed by atoms with Gasteiger partial charge in [0.05, 0.1) is 42.2 Å². The molecule has 0 N–H and O–H groups in total. The Morgan fingerprint density at radius 3 is 2.33 bits per heavy atom. The van der Waals surface area contributed by atoms with Gasteiger partial charge < -0.3 is 28.4 Å². The SMILES string of the molecule is CCCOCCOCCN(Cc1ccc(-c2cc3nccc(Oc4ccc(CC(=O)Cc5cc(C)on5)cc4F)c3s2)cc1)C(=O)OC(C)(C)C. The highest BCUT2D eigenvalue weighted by atomic mass is 32.1. The molecule has 0 aliphatic carbocycles. The van der Waals surface area contributed by atoms with Gasteiger partial charge >= 0.3 is 6.09 Å². The molecule has 0 spiro atoms. The number of hydrogen-bond acceptors (Lipinski definition) is 10. The van der Waals surface area contributed by atoms with Crippen LogP contribution in [-0.2, 0) is 38.4 Å². The van der Waals surface area contributed by atoms with Crippen LogP contribution in [0.2, 0.25) is 0 Å². The van der Waals surface area contributed by atoms with Crippen LogP contribution in [0, 0.1) is 12.7 Å². The van der Waals surface area contributed by atoms with E-state index in [2.05, 4.69) is 17.1 Å². The number of amides is 1. The monoisotopic (exact) mass is 717 g/mol. The maximum atomic E-state index is 15.2. The van der Waals surface area contributed by atoms with Crippen LogP contribution in [0.1, 0.15) is 56.7 Å². The van der Waals surface area contributed by atoms with Gasteiger partial charge in [-0.05, 0) is 69.0 Å². The van der Waals surface area contributed by atoms with Gasteiger partial charge in [0.1, 0.15) is 22.9 Å². The summed E-state index contributed by atoms with van der Waals surface area (Å²) in [6.07, 6.45) is 2.36. The van der Waals surface area contributed by atoms with E-state index in [-0.39, 0.29) is 24.4 Å². The van der Waals surface area contributed by atoms with Crippen LogP contribution in [0.15, 0.2) is 71.4 Å². The molecule has 3 aromatic heterocycles. The van der Waals surface area contributed by atoms with Gasteiger partial charge in [0.2, 0.25) is 0 Å². The highest BCUT2D eigenvalue weighted by Gasteiger charge is 2.22. The van der Waals surface area contributed by atoms with Crippen molar-refractivity contribution in [3.63, 3.8) is 0 Å². The molecule has 1 amide bonds. The van der Waals surface area contributed by atoms with Gasteiger partial charge in [0.15, 0.2) is 11.6 Å². The Labute approximate surface area is 301 Å². The summed E-state index contributed by atoms with van der Waals surface area (Å²) in [5.74, 6) is 0.495. The predicted octanol–water partition coefficient (Wildman–Crippen LogP) is 8.73. The quantitative estimate of drug-likeness (QED) is 0.0872. The van der Waals surface area contributed by atoms with Gasteiger partial charge in [-0.1, -0.05) is 42.4 Å². The number of carbonyl (C=O) groups excluding carboxylic acids is 2. The summed E-state index contributed by atoms with van der Waals surface area (Å²) in [6.45, 7) is 12.1. The van der Waals surface area contributed by atoms with Crippen molar-refractivity contribution in [1.29, 1.82) is 0 Å². The lowest BCUT2D eigenvalue weighted by molar-refractivity contribution is -0.117. The number of thiophene rings is 1. The standard InChI is InChI=1S/C39H44FN3O7S/c1-6-16-46-18-19-47-17-15-43(38(45)49-39(3,4)5)25-27-7-10-29(11-8-27)36-24-33-37(51-36)35(13-14-41-33)48-34-12-9-28(22-32(34)40)21-31(44)23-30-20-26(2)50-42-30/h7-14,20,22,24H,6,15-19,21,23,25H2,1-5H3. The summed E-state index contributed by atoms with van der Waals surface area (Å²) in [5.41, 5.74) is 3.10. The Morgan fingerprint density at radius 2 is 1.65 bits per heavy atom. The van der Waals surface area contributed by atoms with Crippen molar-refractivity contribution in [3.8, 4) is 21.9 Å². The normalized spacial score (nSPS) is 11.6. The fraction of sp³-hybridized carbons (Fsp3) is 0.385. The molecule has 5 rings (SSSR count). The summed E-state index contributed by atoms with van der Waals surface area (Å²) >= 11 is 1.49. The summed E-state index contributed by atoms with van der Waals surface area (Å²) in [5, 5.41) is 3.85. The van der Waals surface area contributed by atoms with Crippen molar-refractivity contribution >= 4 is 33.4 Å². The Balaban J connectivity index is 1.23. The number of aromatic nitrogens is 2. The number of nitrogens with zero attached hydrogens (tertiary/aromatic N) is 3. The van der Waals surface area contributed by atoms with Crippen molar-refractivity contribution < 1.29 is 37.5 Å². The molecule has 2 aromatic carbocycles. The number of benzene rings is 2. The lowest BCUT2D eigenvalue weighted by Crippen LogP contribution is -2.38. The minimum Gasteiger partial charge on any atom is -0.453 e. The molecule has 0 unspecified atom stereocenters. The van der Waals surface area contributed by atoms with Crippen LogP contribution in [0.4, 0.5) is 9.18 Å². The first-order valence-corrected chi connectivity index (χ1v) is 17.8. The van der Waals surface area contributed by atoms with E-state index in [1.807, 2.05) is 51.1 Å². The second kappa shape index (κ2) is 17.5. The number of halogens is 1. The molecule has 0 aliphatic rings. The van der Waals surface area contributed by atoms with E-state index < -0.39 is 17.5 Å². The van der Waals surface area contributed by atoms with Crippen LogP contribution in [0.5, 0.6) is 11.5 Å². The van der Waals surface area contributed by atoms with Gasteiger partial charge in [0, 0.05) is 49.3 Å². The molecule has 12 heteroatoms. The number of hydrogen-bond donors (Lipinski definition) is 0. The van der Waals surface area contributed by atoms with E-state index in [1.165, 1.54) is 23.5 Å². The van der Waals surface area contributed by atoms with Gasteiger partial charge in [-0.3, -0.25) is 9.78 Å². The molecule has 51 heavy (non-hydrogen) atoms. The smallest absolute Gasteiger partial charge is 0.410 e. The number of Topliss-reactive ketones (excluding diaryl/α,β-unsaturated/α-hetero) is 1. The molecule has 0 radical (unpaired) electrons. The number of ether oxygens (including phenoxy) is 4. The van der Waals surface area contributed by atoms with Crippen LogP contribution in [-0.4, -0.2) is 65.5 Å². The fourth-order valence-corrected chi connectivity index (χ4v) is 6.25. The van der Waals surface area contributed by atoms with Gasteiger partial charge in [-0.2, -0.15) is 0 Å². The molecule has 270 valence electrons. The van der Waals surface area contributed by atoms with Crippen molar-refractivity contribution in [2.24, 2.45) is 0 Å². The van der Waals surface area contributed by atoms with Gasteiger partial charge in [-0.15, -0.1) is 11.3 Å². The molecule has 0 saturated carbocycles. The molecular weight excluding hydrogens is 674 g/mol. The third-order valence-corrected chi connectivity index (χ3v) is 8.73.